The van der Waals surface area contributed by atoms with Crippen molar-refractivity contribution in [2.45, 2.75) is 20.0 Å². The normalized spacial score (nSPS) is 10.7. The number of guanidine groups is 1. The average molecular weight is 534 g/mol. The minimum Gasteiger partial charge on any atom is -0.493 e. The zero-order valence-electron chi connectivity index (χ0n) is 15.4. The predicted octanol–water partition coefficient (Wildman–Crippen LogP) is 4.26. The monoisotopic (exact) mass is 533 g/mol. The van der Waals surface area contributed by atoms with Crippen LogP contribution in [0.5, 0.6) is 11.5 Å². The summed E-state index contributed by atoms with van der Waals surface area (Å²) in [7, 11) is 5.02. The topological polar surface area (TPSA) is 54.9 Å². The van der Waals surface area contributed by atoms with Crippen LogP contribution >= 0.6 is 39.9 Å². The van der Waals surface area contributed by atoms with Gasteiger partial charge in [0.05, 0.1) is 14.2 Å². The molecule has 0 fully saturated rings. The van der Waals surface area contributed by atoms with Gasteiger partial charge < -0.3 is 20.1 Å². The predicted molar refractivity (Wildman–Crippen MR) is 121 cm³/mol. The summed E-state index contributed by atoms with van der Waals surface area (Å²) < 4.78 is 11.6. The van der Waals surface area contributed by atoms with Crippen LogP contribution in [0.25, 0.3) is 0 Å². The molecule has 5 nitrogen and oxygen atoms in total. The van der Waals surface area contributed by atoms with E-state index in [-0.39, 0.29) is 24.0 Å². The number of methoxy groups -OCH3 is 2. The zero-order chi connectivity index (χ0) is 18.2. The molecule has 0 saturated carbocycles. The lowest BCUT2D eigenvalue weighted by Gasteiger charge is -2.15. The van der Waals surface area contributed by atoms with Crippen molar-refractivity contribution < 1.29 is 9.47 Å². The molecule has 0 aliphatic carbocycles. The summed E-state index contributed by atoms with van der Waals surface area (Å²) >= 11 is 3.57. The number of ether oxygens (including phenoxy) is 2. The maximum atomic E-state index is 5.36. The highest BCUT2D eigenvalue weighted by molar-refractivity contribution is 14.0. The first kappa shape index (κ1) is 22.6. The largest absolute Gasteiger partial charge is 0.493 e. The standard InChI is InChI=1S/C19H24BrN3O2.HI/c1-13-7-5-6-8-14(13)11-22-19(21-2)23-12-15-9-17(24-3)18(25-4)10-16(15)20;/h5-10H,11-12H2,1-4H3,(H2,21,22,23);1H. The molecule has 2 N–H and O–H groups in total. The maximum absolute atomic E-state index is 5.36. The van der Waals surface area contributed by atoms with Crippen molar-refractivity contribution in [3.05, 3.63) is 57.6 Å². The van der Waals surface area contributed by atoms with Crippen LogP contribution < -0.4 is 20.1 Å². The number of aliphatic imine (C=N–C) groups is 1. The van der Waals surface area contributed by atoms with Crippen LogP contribution in [-0.4, -0.2) is 27.2 Å². The van der Waals surface area contributed by atoms with Crippen LogP contribution in [0.3, 0.4) is 0 Å². The van der Waals surface area contributed by atoms with Gasteiger partial charge in [0.15, 0.2) is 17.5 Å². The summed E-state index contributed by atoms with van der Waals surface area (Å²) in [5.41, 5.74) is 3.56. The van der Waals surface area contributed by atoms with E-state index in [4.69, 9.17) is 9.47 Å². The summed E-state index contributed by atoms with van der Waals surface area (Å²) in [6, 6.07) is 12.2. The molecule has 0 radical (unpaired) electrons. The van der Waals surface area contributed by atoms with Gasteiger partial charge in [-0.15, -0.1) is 24.0 Å². The van der Waals surface area contributed by atoms with E-state index in [0.29, 0.717) is 18.0 Å². The van der Waals surface area contributed by atoms with Gasteiger partial charge in [0, 0.05) is 24.6 Å². The van der Waals surface area contributed by atoms with Crippen molar-refractivity contribution in [2.75, 3.05) is 21.3 Å². The molecule has 0 amide bonds. The Labute approximate surface area is 180 Å². The van der Waals surface area contributed by atoms with E-state index in [0.717, 1.165) is 22.5 Å². The van der Waals surface area contributed by atoms with Gasteiger partial charge in [-0.05, 0) is 35.7 Å². The number of hydrogen-bond acceptors (Lipinski definition) is 3. The Morgan fingerprint density at radius 3 is 2.15 bits per heavy atom. The minimum absolute atomic E-state index is 0. The molecular formula is C19H25BrIN3O2. The lowest BCUT2D eigenvalue weighted by atomic mass is 10.1. The van der Waals surface area contributed by atoms with Crippen molar-refractivity contribution in [1.82, 2.24) is 10.6 Å². The second kappa shape index (κ2) is 11.3. The molecule has 7 heteroatoms. The first-order chi connectivity index (χ1) is 12.1. The number of aryl methyl sites for hydroxylation is 1. The molecule has 2 rings (SSSR count). The van der Waals surface area contributed by atoms with Gasteiger partial charge in [0.1, 0.15) is 0 Å². The molecule has 26 heavy (non-hydrogen) atoms. The van der Waals surface area contributed by atoms with Gasteiger partial charge in [-0.3, -0.25) is 4.99 Å². The van der Waals surface area contributed by atoms with E-state index in [9.17, 15) is 0 Å². The Morgan fingerprint density at radius 1 is 1.00 bits per heavy atom. The van der Waals surface area contributed by atoms with Crippen LogP contribution in [0.15, 0.2) is 45.9 Å². The number of benzene rings is 2. The van der Waals surface area contributed by atoms with Gasteiger partial charge in [-0.1, -0.05) is 40.2 Å². The summed E-state index contributed by atoms with van der Waals surface area (Å²) in [5.74, 6) is 2.13. The average Bonchev–Trinajstić information content (AvgIpc) is 2.63. The first-order valence-corrected chi connectivity index (χ1v) is 8.77. The number of hydrogen-bond donors (Lipinski definition) is 2. The highest BCUT2D eigenvalue weighted by atomic mass is 127. The smallest absolute Gasteiger partial charge is 0.191 e. The fourth-order valence-electron chi connectivity index (χ4n) is 2.42. The Kier molecular flexibility index (Phi) is 9.79. The van der Waals surface area contributed by atoms with Crippen molar-refractivity contribution in [1.29, 1.82) is 0 Å². The lowest BCUT2D eigenvalue weighted by molar-refractivity contribution is 0.354. The number of nitrogens with one attached hydrogen (secondary N) is 2. The molecule has 2 aromatic rings. The fourth-order valence-corrected chi connectivity index (χ4v) is 2.88. The number of nitrogens with zero attached hydrogens (tertiary/aromatic N) is 1. The second-order valence-electron chi connectivity index (χ2n) is 5.50. The van der Waals surface area contributed by atoms with Crippen molar-refractivity contribution >= 4 is 45.9 Å². The summed E-state index contributed by atoms with van der Waals surface area (Å²) in [6.45, 7) is 3.43. The summed E-state index contributed by atoms with van der Waals surface area (Å²) in [4.78, 5) is 4.28. The molecule has 2 aromatic carbocycles. The molecule has 0 spiro atoms. The third-order valence-corrected chi connectivity index (χ3v) is 4.67. The van der Waals surface area contributed by atoms with Crippen molar-refractivity contribution in [2.24, 2.45) is 4.99 Å². The third-order valence-electron chi connectivity index (χ3n) is 3.93. The van der Waals surface area contributed by atoms with E-state index >= 15 is 0 Å². The lowest BCUT2D eigenvalue weighted by Crippen LogP contribution is -2.36. The molecule has 0 aliphatic rings. The van der Waals surface area contributed by atoms with Gasteiger partial charge in [0.2, 0.25) is 0 Å². The molecular weight excluding hydrogens is 509 g/mol. The summed E-state index contributed by atoms with van der Waals surface area (Å²) in [5, 5.41) is 6.65. The van der Waals surface area contributed by atoms with Gasteiger partial charge in [-0.2, -0.15) is 0 Å². The minimum atomic E-state index is 0. The SMILES string of the molecule is CN=C(NCc1ccccc1C)NCc1cc(OC)c(OC)cc1Br.I. The Hall–Kier alpha value is -1.48. The van der Waals surface area contributed by atoms with E-state index < -0.39 is 0 Å². The van der Waals surface area contributed by atoms with Crippen LogP contribution in [0.4, 0.5) is 0 Å². The molecule has 0 saturated heterocycles. The highest BCUT2D eigenvalue weighted by Gasteiger charge is 2.10. The molecule has 0 heterocycles. The Morgan fingerprint density at radius 2 is 1.58 bits per heavy atom. The molecule has 0 aliphatic heterocycles. The van der Waals surface area contributed by atoms with Gasteiger partial charge in [-0.25, -0.2) is 0 Å². The Balaban J connectivity index is 0.00000338. The van der Waals surface area contributed by atoms with E-state index in [1.807, 2.05) is 24.3 Å². The van der Waals surface area contributed by atoms with Crippen molar-refractivity contribution in [3.8, 4) is 11.5 Å². The molecule has 0 atom stereocenters. The maximum Gasteiger partial charge on any atom is 0.191 e. The van der Waals surface area contributed by atoms with E-state index in [1.165, 1.54) is 11.1 Å². The van der Waals surface area contributed by atoms with E-state index in [2.05, 4.69) is 50.6 Å². The van der Waals surface area contributed by atoms with Crippen LogP contribution in [0, 0.1) is 6.92 Å². The quantitative estimate of drug-likeness (QED) is 0.331. The van der Waals surface area contributed by atoms with Gasteiger partial charge >= 0.3 is 0 Å². The van der Waals surface area contributed by atoms with Crippen molar-refractivity contribution in [3.63, 3.8) is 0 Å². The van der Waals surface area contributed by atoms with Gasteiger partial charge in [0.25, 0.3) is 0 Å². The fraction of sp³-hybridized carbons (Fsp3) is 0.316. The third kappa shape index (κ3) is 6.05. The zero-order valence-corrected chi connectivity index (χ0v) is 19.3. The molecule has 0 bridgehead atoms. The van der Waals surface area contributed by atoms with Crippen LogP contribution in [0.1, 0.15) is 16.7 Å². The molecule has 0 aromatic heterocycles. The number of rotatable bonds is 6. The molecule has 142 valence electrons. The summed E-state index contributed by atoms with van der Waals surface area (Å²) in [6.07, 6.45) is 0. The Bertz CT molecular complexity index is 754. The van der Waals surface area contributed by atoms with E-state index in [1.54, 1.807) is 21.3 Å². The molecule has 0 unspecified atom stereocenters. The first-order valence-electron chi connectivity index (χ1n) is 7.98. The second-order valence-corrected chi connectivity index (χ2v) is 6.36. The highest BCUT2D eigenvalue weighted by Crippen LogP contribution is 2.33. The van der Waals surface area contributed by atoms with Crippen LogP contribution in [-0.2, 0) is 13.1 Å². The van der Waals surface area contributed by atoms with Crippen LogP contribution in [0.2, 0.25) is 0 Å². The number of halogens is 2.